The van der Waals surface area contributed by atoms with Crippen LogP contribution in [0.15, 0.2) is 42.5 Å². The van der Waals surface area contributed by atoms with Gasteiger partial charge in [-0.3, -0.25) is 4.79 Å². The maximum absolute atomic E-state index is 11.2. The first kappa shape index (κ1) is 12.6. The van der Waals surface area contributed by atoms with Crippen molar-refractivity contribution in [2.24, 2.45) is 0 Å². The number of aryl methyl sites for hydroxylation is 2. The van der Waals surface area contributed by atoms with Gasteiger partial charge >= 0.3 is 0 Å². The second-order valence-corrected chi connectivity index (χ2v) is 4.40. The fourth-order valence-corrected chi connectivity index (χ4v) is 2.25. The SMILES string of the molecule is CCc1ccc(CC)c(-c2ccccc2C=O)c1. The third-order valence-electron chi connectivity index (χ3n) is 3.34. The molecule has 0 aromatic heterocycles. The maximum atomic E-state index is 11.2. The zero-order chi connectivity index (χ0) is 13.0. The van der Waals surface area contributed by atoms with Gasteiger partial charge in [0.2, 0.25) is 0 Å². The highest BCUT2D eigenvalue weighted by atomic mass is 16.1. The highest BCUT2D eigenvalue weighted by molar-refractivity contribution is 5.88. The first-order chi connectivity index (χ1) is 8.80. The Bertz CT molecular complexity index is 555. The van der Waals surface area contributed by atoms with E-state index in [1.54, 1.807) is 0 Å². The standard InChI is InChI=1S/C17H18O/c1-3-13-9-10-14(4-2)17(11-13)16-8-6-5-7-15(16)12-18/h5-12H,3-4H2,1-2H3. The molecule has 0 unspecified atom stereocenters. The molecule has 0 spiro atoms. The first-order valence-corrected chi connectivity index (χ1v) is 6.46. The van der Waals surface area contributed by atoms with E-state index in [4.69, 9.17) is 0 Å². The highest BCUT2D eigenvalue weighted by Gasteiger charge is 2.08. The molecule has 0 saturated heterocycles. The van der Waals surface area contributed by atoms with Crippen molar-refractivity contribution in [3.63, 3.8) is 0 Å². The summed E-state index contributed by atoms with van der Waals surface area (Å²) in [5, 5.41) is 0. The number of hydrogen-bond donors (Lipinski definition) is 0. The van der Waals surface area contributed by atoms with Gasteiger partial charge in [-0.15, -0.1) is 0 Å². The molecule has 0 saturated carbocycles. The van der Waals surface area contributed by atoms with Crippen molar-refractivity contribution in [2.45, 2.75) is 26.7 Å². The van der Waals surface area contributed by atoms with Crippen LogP contribution in [0.1, 0.15) is 35.3 Å². The summed E-state index contributed by atoms with van der Waals surface area (Å²) in [5.41, 5.74) is 5.60. The smallest absolute Gasteiger partial charge is 0.150 e. The lowest BCUT2D eigenvalue weighted by Gasteiger charge is -2.12. The van der Waals surface area contributed by atoms with Crippen LogP contribution in [0, 0.1) is 0 Å². The molecule has 2 aromatic carbocycles. The van der Waals surface area contributed by atoms with Gasteiger partial charge in [0, 0.05) is 5.56 Å². The van der Waals surface area contributed by atoms with Gasteiger partial charge in [0.05, 0.1) is 0 Å². The molecule has 0 aliphatic heterocycles. The van der Waals surface area contributed by atoms with Crippen molar-refractivity contribution >= 4 is 6.29 Å². The van der Waals surface area contributed by atoms with Crippen molar-refractivity contribution in [1.82, 2.24) is 0 Å². The Morgan fingerprint density at radius 1 is 0.944 bits per heavy atom. The van der Waals surface area contributed by atoms with E-state index in [0.29, 0.717) is 0 Å². The van der Waals surface area contributed by atoms with E-state index in [1.807, 2.05) is 24.3 Å². The molecule has 0 aliphatic rings. The van der Waals surface area contributed by atoms with E-state index in [2.05, 4.69) is 32.0 Å². The Morgan fingerprint density at radius 2 is 1.72 bits per heavy atom. The summed E-state index contributed by atoms with van der Waals surface area (Å²) in [6, 6.07) is 14.4. The largest absolute Gasteiger partial charge is 0.298 e. The number of carbonyl (C=O) groups is 1. The number of aldehydes is 1. The zero-order valence-electron chi connectivity index (χ0n) is 10.9. The third kappa shape index (κ3) is 2.35. The van der Waals surface area contributed by atoms with Gasteiger partial charge in [0.1, 0.15) is 0 Å². The summed E-state index contributed by atoms with van der Waals surface area (Å²) in [6.07, 6.45) is 2.93. The summed E-state index contributed by atoms with van der Waals surface area (Å²) >= 11 is 0. The van der Waals surface area contributed by atoms with Crippen LogP contribution in [0.2, 0.25) is 0 Å². The van der Waals surface area contributed by atoms with E-state index in [9.17, 15) is 4.79 Å². The molecule has 0 radical (unpaired) electrons. The lowest BCUT2D eigenvalue weighted by atomic mass is 9.92. The molecular weight excluding hydrogens is 220 g/mol. The Kier molecular flexibility index (Phi) is 3.93. The summed E-state index contributed by atoms with van der Waals surface area (Å²) in [5.74, 6) is 0. The van der Waals surface area contributed by atoms with Crippen LogP contribution in [0.5, 0.6) is 0 Å². The average molecular weight is 238 g/mol. The molecule has 0 N–H and O–H groups in total. The summed E-state index contributed by atoms with van der Waals surface area (Å²) in [7, 11) is 0. The molecule has 0 bridgehead atoms. The summed E-state index contributed by atoms with van der Waals surface area (Å²) in [6.45, 7) is 4.30. The van der Waals surface area contributed by atoms with Crippen LogP contribution in [0.3, 0.4) is 0 Å². The van der Waals surface area contributed by atoms with Gasteiger partial charge in [0.25, 0.3) is 0 Å². The van der Waals surface area contributed by atoms with Crippen LogP contribution < -0.4 is 0 Å². The number of hydrogen-bond acceptors (Lipinski definition) is 1. The van der Waals surface area contributed by atoms with Crippen molar-refractivity contribution in [3.05, 3.63) is 59.2 Å². The predicted molar refractivity (Wildman–Crippen MR) is 76.0 cm³/mol. The van der Waals surface area contributed by atoms with Crippen LogP contribution in [-0.4, -0.2) is 6.29 Å². The van der Waals surface area contributed by atoms with Crippen LogP contribution in [0.4, 0.5) is 0 Å². The van der Waals surface area contributed by atoms with Gasteiger partial charge in [-0.2, -0.15) is 0 Å². The molecule has 2 rings (SSSR count). The van der Waals surface area contributed by atoms with Gasteiger partial charge in [-0.25, -0.2) is 0 Å². The molecule has 18 heavy (non-hydrogen) atoms. The Hall–Kier alpha value is -1.89. The molecular formula is C17H18O. The van der Waals surface area contributed by atoms with Gasteiger partial charge in [0.15, 0.2) is 6.29 Å². The van der Waals surface area contributed by atoms with Gasteiger partial charge in [-0.1, -0.05) is 56.3 Å². The van der Waals surface area contributed by atoms with E-state index >= 15 is 0 Å². The predicted octanol–water partition coefficient (Wildman–Crippen LogP) is 4.29. The summed E-state index contributed by atoms with van der Waals surface area (Å²) in [4.78, 5) is 11.2. The first-order valence-electron chi connectivity index (χ1n) is 6.46. The highest BCUT2D eigenvalue weighted by Crippen LogP contribution is 2.28. The Balaban J connectivity index is 2.64. The maximum Gasteiger partial charge on any atom is 0.150 e. The number of rotatable bonds is 4. The number of benzene rings is 2. The van der Waals surface area contributed by atoms with E-state index in [0.717, 1.165) is 30.3 Å². The van der Waals surface area contributed by atoms with Gasteiger partial charge in [-0.05, 0) is 35.1 Å². The second kappa shape index (κ2) is 5.63. The fourth-order valence-electron chi connectivity index (χ4n) is 2.25. The van der Waals surface area contributed by atoms with Crippen molar-refractivity contribution < 1.29 is 4.79 Å². The molecule has 1 heteroatoms. The van der Waals surface area contributed by atoms with Crippen LogP contribution >= 0.6 is 0 Å². The minimum absolute atomic E-state index is 0.764. The molecule has 0 heterocycles. The second-order valence-electron chi connectivity index (χ2n) is 4.40. The molecule has 0 aliphatic carbocycles. The average Bonchev–Trinajstić information content (AvgIpc) is 2.46. The minimum atomic E-state index is 0.764. The topological polar surface area (TPSA) is 17.1 Å². The molecule has 0 atom stereocenters. The van der Waals surface area contributed by atoms with E-state index < -0.39 is 0 Å². The van der Waals surface area contributed by atoms with E-state index in [1.165, 1.54) is 16.7 Å². The summed E-state index contributed by atoms with van der Waals surface area (Å²) < 4.78 is 0. The zero-order valence-corrected chi connectivity index (χ0v) is 10.9. The fraction of sp³-hybridized carbons (Fsp3) is 0.235. The molecule has 0 fully saturated rings. The van der Waals surface area contributed by atoms with Gasteiger partial charge < -0.3 is 0 Å². The normalized spacial score (nSPS) is 10.3. The monoisotopic (exact) mass is 238 g/mol. The lowest BCUT2D eigenvalue weighted by molar-refractivity contribution is 0.112. The molecule has 0 amide bonds. The van der Waals surface area contributed by atoms with Crippen LogP contribution in [-0.2, 0) is 12.8 Å². The van der Waals surface area contributed by atoms with E-state index in [-0.39, 0.29) is 0 Å². The third-order valence-corrected chi connectivity index (χ3v) is 3.34. The lowest BCUT2D eigenvalue weighted by Crippen LogP contribution is -1.94. The van der Waals surface area contributed by atoms with Crippen molar-refractivity contribution in [2.75, 3.05) is 0 Å². The van der Waals surface area contributed by atoms with Crippen molar-refractivity contribution in [3.8, 4) is 11.1 Å². The minimum Gasteiger partial charge on any atom is -0.298 e. The Labute approximate surface area is 108 Å². The quantitative estimate of drug-likeness (QED) is 0.726. The number of carbonyl (C=O) groups excluding carboxylic acids is 1. The van der Waals surface area contributed by atoms with Crippen LogP contribution in [0.25, 0.3) is 11.1 Å². The Morgan fingerprint density at radius 3 is 2.39 bits per heavy atom. The van der Waals surface area contributed by atoms with Crippen molar-refractivity contribution in [1.29, 1.82) is 0 Å². The molecule has 92 valence electrons. The molecule has 1 nitrogen and oxygen atoms in total. The molecule has 2 aromatic rings.